The van der Waals surface area contributed by atoms with Gasteiger partial charge < -0.3 is 4.74 Å². The van der Waals surface area contributed by atoms with Gasteiger partial charge in [-0.3, -0.25) is 4.98 Å². The number of benzene rings is 1. The van der Waals surface area contributed by atoms with Gasteiger partial charge in [-0.1, -0.05) is 30.7 Å². The Bertz CT molecular complexity index is 470. The van der Waals surface area contributed by atoms with Gasteiger partial charge in [0.2, 0.25) is 0 Å². The molecule has 1 atom stereocenters. The third kappa shape index (κ3) is 3.31. The van der Waals surface area contributed by atoms with E-state index in [4.69, 9.17) is 16.3 Å². The average Bonchev–Trinajstić information content (AvgIpc) is 2.42. The zero-order valence-electron chi connectivity index (χ0n) is 10.3. The van der Waals surface area contributed by atoms with Crippen LogP contribution in [0.2, 0.25) is 5.02 Å². The normalized spacial score (nSPS) is 12.3. The van der Waals surface area contributed by atoms with E-state index in [1.165, 1.54) is 0 Å². The highest BCUT2D eigenvalue weighted by molar-refractivity contribution is 6.30. The minimum atomic E-state index is -0.0507. The molecule has 94 valence electrons. The van der Waals surface area contributed by atoms with Crippen LogP contribution in [-0.4, -0.2) is 11.6 Å². The van der Waals surface area contributed by atoms with Gasteiger partial charge in [-0.15, -0.1) is 0 Å². The van der Waals surface area contributed by atoms with Crippen molar-refractivity contribution in [2.24, 2.45) is 0 Å². The van der Waals surface area contributed by atoms with Crippen LogP contribution in [-0.2, 0) is 4.74 Å². The van der Waals surface area contributed by atoms with E-state index in [-0.39, 0.29) is 6.10 Å². The van der Waals surface area contributed by atoms with E-state index in [0.29, 0.717) is 0 Å². The van der Waals surface area contributed by atoms with Gasteiger partial charge in [0, 0.05) is 24.0 Å². The lowest BCUT2D eigenvalue weighted by Crippen LogP contribution is -2.07. The lowest BCUT2D eigenvalue weighted by Gasteiger charge is -2.18. The van der Waals surface area contributed by atoms with Gasteiger partial charge in [0.05, 0.1) is 0 Å². The number of hydrogen-bond donors (Lipinski definition) is 0. The van der Waals surface area contributed by atoms with E-state index in [1.807, 2.05) is 36.4 Å². The van der Waals surface area contributed by atoms with Gasteiger partial charge in [-0.05, 0) is 41.8 Å². The Balaban J connectivity index is 2.27. The van der Waals surface area contributed by atoms with Crippen molar-refractivity contribution in [1.29, 1.82) is 0 Å². The zero-order chi connectivity index (χ0) is 12.8. The summed E-state index contributed by atoms with van der Waals surface area (Å²) in [5, 5.41) is 0.739. The number of rotatable bonds is 5. The topological polar surface area (TPSA) is 22.1 Å². The Labute approximate surface area is 113 Å². The fraction of sp³-hybridized carbons (Fsp3) is 0.267. The molecule has 1 aromatic carbocycles. The first-order valence-corrected chi connectivity index (χ1v) is 6.46. The summed E-state index contributed by atoms with van der Waals surface area (Å²) in [7, 11) is 0. The fourth-order valence-corrected chi connectivity index (χ4v) is 1.92. The third-order valence-electron chi connectivity index (χ3n) is 2.67. The zero-order valence-corrected chi connectivity index (χ0v) is 11.1. The molecule has 2 aromatic rings. The van der Waals surface area contributed by atoms with E-state index >= 15 is 0 Å². The molecule has 0 unspecified atom stereocenters. The maximum atomic E-state index is 5.93. The Hall–Kier alpha value is -1.38. The first-order valence-electron chi connectivity index (χ1n) is 6.08. The van der Waals surface area contributed by atoms with Crippen LogP contribution in [0.5, 0.6) is 0 Å². The molecular formula is C15H16ClNO. The second-order valence-electron chi connectivity index (χ2n) is 4.08. The van der Waals surface area contributed by atoms with Crippen molar-refractivity contribution in [2.75, 3.05) is 6.61 Å². The smallest absolute Gasteiger partial charge is 0.108 e. The van der Waals surface area contributed by atoms with Crippen molar-refractivity contribution in [3.05, 3.63) is 64.9 Å². The summed E-state index contributed by atoms with van der Waals surface area (Å²) >= 11 is 5.92. The predicted octanol–water partition coefficient (Wildman–Crippen LogP) is 4.25. The Kier molecular flexibility index (Phi) is 4.73. The van der Waals surface area contributed by atoms with Crippen molar-refractivity contribution >= 4 is 11.6 Å². The summed E-state index contributed by atoms with van der Waals surface area (Å²) < 4.78 is 5.93. The summed E-state index contributed by atoms with van der Waals surface area (Å²) in [4.78, 5) is 4.04. The third-order valence-corrected chi connectivity index (χ3v) is 2.92. The number of pyridine rings is 1. The van der Waals surface area contributed by atoms with E-state index in [2.05, 4.69) is 11.9 Å². The van der Waals surface area contributed by atoms with Gasteiger partial charge in [0.25, 0.3) is 0 Å². The largest absolute Gasteiger partial charge is 0.369 e. The van der Waals surface area contributed by atoms with Gasteiger partial charge in [0.1, 0.15) is 6.10 Å². The molecule has 18 heavy (non-hydrogen) atoms. The molecule has 0 spiro atoms. The highest BCUT2D eigenvalue weighted by Gasteiger charge is 2.14. The van der Waals surface area contributed by atoms with Gasteiger partial charge >= 0.3 is 0 Å². The molecule has 2 rings (SSSR count). The predicted molar refractivity (Wildman–Crippen MR) is 73.8 cm³/mol. The van der Waals surface area contributed by atoms with Crippen molar-refractivity contribution in [3.63, 3.8) is 0 Å². The minimum absolute atomic E-state index is 0.0507. The summed E-state index contributed by atoms with van der Waals surface area (Å²) in [6.07, 6.45) is 4.52. The lowest BCUT2D eigenvalue weighted by atomic mass is 10.0. The molecule has 0 saturated carbocycles. The summed E-state index contributed by atoms with van der Waals surface area (Å²) in [5.74, 6) is 0. The highest BCUT2D eigenvalue weighted by atomic mass is 35.5. The Morgan fingerprint density at radius 3 is 2.28 bits per heavy atom. The van der Waals surface area contributed by atoms with Crippen LogP contribution < -0.4 is 0 Å². The maximum absolute atomic E-state index is 5.93. The fourth-order valence-electron chi connectivity index (χ4n) is 1.80. The molecule has 1 heterocycles. The maximum Gasteiger partial charge on any atom is 0.108 e. The molecule has 0 radical (unpaired) electrons. The Morgan fingerprint density at radius 1 is 1.06 bits per heavy atom. The van der Waals surface area contributed by atoms with E-state index in [9.17, 15) is 0 Å². The number of hydrogen-bond acceptors (Lipinski definition) is 2. The summed E-state index contributed by atoms with van der Waals surface area (Å²) in [5.41, 5.74) is 2.22. The van der Waals surface area contributed by atoms with Crippen molar-refractivity contribution in [2.45, 2.75) is 19.4 Å². The molecule has 0 N–H and O–H groups in total. The summed E-state index contributed by atoms with van der Waals surface area (Å²) in [6, 6.07) is 11.7. The van der Waals surface area contributed by atoms with Gasteiger partial charge in [0.15, 0.2) is 0 Å². The van der Waals surface area contributed by atoms with E-state index < -0.39 is 0 Å². The molecule has 0 bridgehead atoms. The van der Waals surface area contributed by atoms with Crippen LogP contribution in [0.15, 0.2) is 48.8 Å². The quantitative estimate of drug-likeness (QED) is 0.803. The average molecular weight is 262 g/mol. The molecule has 0 aliphatic heterocycles. The molecule has 2 nitrogen and oxygen atoms in total. The van der Waals surface area contributed by atoms with Crippen LogP contribution in [0.3, 0.4) is 0 Å². The highest BCUT2D eigenvalue weighted by Crippen LogP contribution is 2.26. The van der Waals surface area contributed by atoms with E-state index in [1.54, 1.807) is 12.4 Å². The Morgan fingerprint density at radius 2 is 1.67 bits per heavy atom. The number of aromatic nitrogens is 1. The second-order valence-corrected chi connectivity index (χ2v) is 4.52. The molecule has 0 fully saturated rings. The summed E-state index contributed by atoms with van der Waals surface area (Å²) in [6.45, 7) is 2.83. The molecule has 3 heteroatoms. The molecule has 1 aromatic heterocycles. The minimum Gasteiger partial charge on any atom is -0.369 e. The van der Waals surface area contributed by atoms with Crippen LogP contribution in [0.4, 0.5) is 0 Å². The van der Waals surface area contributed by atoms with Gasteiger partial charge in [-0.2, -0.15) is 0 Å². The van der Waals surface area contributed by atoms with Crippen molar-refractivity contribution < 1.29 is 4.74 Å². The van der Waals surface area contributed by atoms with Crippen molar-refractivity contribution in [3.8, 4) is 0 Å². The van der Waals surface area contributed by atoms with Crippen LogP contribution in [0.25, 0.3) is 0 Å². The van der Waals surface area contributed by atoms with E-state index in [0.717, 1.165) is 29.2 Å². The van der Waals surface area contributed by atoms with Gasteiger partial charge in [-0.25, -0.2) is 0 Å². The molecule has 0 aliphatic carbocycles. The molecular weight excluding hydrogens is 246 g/mol. The monoisotopic (exact) mass is 261 g/mol. The molecule has 0 saturated heterocycles. The second kappa shape index (κ2) is 6.53. The number of nitrogens with zero attached hydrogens (tertiary/aromatic N) is 1. The molecule has 0 aliphatic rings. The van der Waals surface area contributed by atoms with Crippen LogP contribution >= 0.6 is 11.6 Å². The van der Waals surface area contributed by atoms with Crippen molar-refractivity contribution in [1.82, 2.24) is 4.98 Å². The first-order chi connectivity index (χ1) is 8.81. The SMILES string of the molecule is CCCO[C@@H](c1ccncc1)c1ccc(Cl)cc1. The standard InChI is InChI=1S/C15H16ClNO/c1-2-11-18-15(13-7-9-17-10-8-13)12-3-5-14(16)6-4-12/h3-10,15H,2,11H2,1H3/t15-/m1/s1. The van der Waals surface area contributed by atoms with Crippen LogP contribution in [0.1, 0.15) is 30.6 Å². The number of halogens is 1. The van der Waals surface area contributed by atoms with Crippen LogP contribution in [0, 0.1) is 0 Å². The molecule has 0 amide bonds. The lowest BCUT2D eigenvalue weighted by molar-refractivity contribution is 0.0806. The first kappa shape index (κ1) is 13.1. The number of ether oxygens (including phenoxy) is 1.